The molecule has 0 radical (unpaired) electrons. The molecule has 1 aromatic rings. The van der Waals surface area contributed by atoms with E-state index in [0.717, 1.165) is 11.8 Å². The van der Waals surface area contributed by atoms with Gasteiger partial charge in [-0.15, -0.1) is 6.58 Å². The minimum Gasteiger partial charge on any atom is -0.506 e. The number of rotatable bonds is 4. The van der Waals surface area contributed by atoms with Gasteiger partial charge in [0.1, 0.15) is 10.1 Å². The van der Waals surface area contributed by atoms with E-state index < -0.39 is 4.92 Å². The van der Waals surface area contributed by atoms with E-state index >= 15 is 0 Å². The summed E-state index contributed by atoms with van der Waals surface area (Å²) >= 11 is 9.23. The van der Waals surface area contributed by atoms with Crippen LogP contribution in [0.15, 0.2) is 34.2 Å². The van der Waals surface area contributed by atoms with Gasteiger partial charge in [0, 0.05) is 24.2 Å². The summed E-state index contributed by atoms with van der Waals surface area (Å²) in [6.45, 7) is 3.84. The van der Waals surface area contributed by atoms with Crippen molar-refractivity contribution in [2.75, 3.05) is 6.54 Å². The third-order valence-electron chi connectivity index (χ3n) is 2.76. The number of phenolic OH excluding ortho intramolecular Hbond substituents is 1. The number of halogens is 1. The van der Waals surface area contributed by atoms with E-state index in [9.17, 15) is 20.0 Å². The van der Waals surface area contributed by atoms with Gasteiger partial charge in [-0.25, -0.2) is 0 Å². The molecular weight excluding hydrogens is 392 g/mol. The van der Waals surface area contributed by atoms with Crippen LogP contribution in [0.4, 0.5) is 5.69 Å². The number of nitrogens with zero attached hydrogens (tertiary/aromatic N) is 2. The summed E-state index contributed by atoms with van der Waals surface area (Å²) in [5.41, 5.74) is -0.0299. The van der Waals surface area contributed by atoms with Crippen LogP contribution in [-0.2, 0) is 4.79 Å². The largest absolute Gasteiger partial charge is 0.506 e. The van der Waals surface area contributed by atoms with Crippen molar-refractivity contribution in [2.24, 2.45) is 0 Å². The average molecular weight is 401 g/mol. The van der Waals surface area contributed by atoms with Crippen LogP contribution in [0.5, 0.6) is 5.75 Å². The molecule has 0 atom stereocenters. The van der Waals surface area contributed by atoms with E-state index in [1.165, 1.54) is 23.1 Å². The van der Waals surface area contributed by atoms with Crippen molar-refractivity contribution in [3.05, 3.63) is 49.8 Å². The standard InChI is InChI=1S/C13H9BrN2O4S2/c1-2-3-15-12(18)10(22-13(15)21)5-7-4-8(16(19)20)6-9(14)11(7)17/h2,4-6,17H,1,3H2/b10-5-. The second-order valence-corrected chi connectivity index (χ2v) is 6.73. The van der Waals surface area contributed by atoms with Gasteiger partial charge in [0.05, 0.1) is 14.3 Å². The number of carbonyl (C=O) groups excluding carboxylic acids is 1. The van der Waals surface area contributed by atoms with Crippen LogP contribution >= 0.6 is 39.9 Å². The first-order valence-electron chi connectivity index (χ1n) is 5.88. The topological polar surface area (TPSA) is 83.7 Å². The highest BCUT2D eigenvalue weighted by Crippen LogP contribution is 2.38. The molecule has 0 bridgehead atoms. The predicted molar refractivity (Wildman–Crippen MR) is 92.5 cm³/mol. The highest BCUT2D eigenvalue weighted by atomic mass is 79.9. The van der Waals surface area contributed by atoms with Crippen LogP contribution in [0.25, 0.3) is 6.08 Å². The quantitative estimate of drug-likeness (QED) is 0.274. The Labute approximate surface area is 143 Å². The van der Waals surface area contributed by atoms with Crippen LogP contribution in [0.1, 0.15) is 5.56 Å². The Kier molecular flexibility index (Phi) is 4.99. The van der Waals surface area contributed by atoms with Crippen LogP contribution in [0.3, 0.4) is 0 Å². The van der Waals surface area contributed by atoms with Gasteiger partial charge in [-0.05, 0) is 22.0 Å². The summed E-state index contributed by atoms with van der Waals surface area (Å²) in [4.78, 5) is 24.1. The second-order valence-electron chi connectivity index (χ2n) is 4.20. The minimum absolute atomic E-state index is 0.167. The summed E-state index contributed by atoms with van der Waals surface area (Å²) in [6.07, 6.45) is 2.94. The van der Waals surface area contributed by atoms with Crippen molar-refractivity contribution in [3.8, 4) is 5.75 Å². The fraction of sp³-hybridized carbons (Fsp3) is 0.0769. The van der Waals surface area contributed by atoms with Gasteiger partial charge in [0.25, 0.3) is 11.6 Å². The van der Waals surface area contributed by atoms with Gasteiger partial charge in [-0.2, -0.15) is 0 Å². The zero-order valence-corrected chi connectivity index (χ0v) is 14.2. The molecule has 22 heavy (non-hydrogen) atoms. The number of non-ortho nitro benzene ring substituents is 1. The number of phenols is 1. The van der Waals surface area contributed by atoms with E-state index in [1.54, 1.807) is 6.08 Å². The lowest BCUT2D eigenvalue weighted by Crippen LogP contribution is -2.27. The number of benzene rings is 1. The molecule has 1 N–H and O–H groups in total. The molecule has 0 unspecified atom stereocenters. The van der Waals surface area contributed by atoms with E-state index in [0.29, 0.717) is 4.32 Å². The number of hydrogen-bond acceptors (Lipinski definition) is 6. The normalized spacial score (nSPS) is 16.4. The molecule has 114 valence electrons. The molecule has 2 rings (SSSR count). The molecule has 1 amide bonds. The molecule has 0 aliphatic carbocycles. The molecule has 1 heterocycles. The number of nitro groups is 1. The zero-order chi connectivity index (χ0) is 16.4. The van der Waals surface area contributed by atoms with Crippen molar-refractivity contribution in [3.63, 3.8) is 0 Å². The molecule has 6 nitrogen and oxygen atoms in total. The van der Waals surface area contributed by atoms with Crippen molar-refractivity contribution in [1.82, 2.24) is 4.90 Å². The Hall–Kier alpha value is -1.71. The first-order chi connectivity index (χ1) is 10.3. The molecule has 1 saturated heterocycles. The molecule has 0 spiro atoms. The molecule has 1 aliphatic heterocycles. The molecule has 9 heteroatoms. The average Bonchev–Trinajstić information content (AvgIpc) is 2.71. The Morgan fingerprint density at radius 2 is 2.23 bits per heavy atom. The molecule has 1 aromatic carbocycles. The number of thiocarbonyl (C=S) groups is 1. The smallest absolute Gasteiger partial charge is 0.271 e. The van der Waals surface area contributed by atoms with E-state index in [2.05, 4.69) is 22.5 Å². The highest BCUT2D eigenvalue weighted by Gasteiger charge is 2.31. The fourth-order valence-electron chi connectivity index (χ4n) is 1.75. The summed E-state index contributed by atoms with van der Waals surface area (Å²) < 4.78 is 0.551. The van der Waals surface area contributed by atoms with E-state index in [4.69, 9.17) is 12.2 Å². The van der Waals surface area contributed by atoms with Crippen LogP contribution in [0.2, 0.25) is 0 Å². The minimum atomic E-state index is -0.579. The number of amides is 1. The number of thioether (sulfide) groups is 1. The van der Waals surface area contributed by atoms with Crippen LogP contribution in [-0.4, -0.2) is 31.7 Å². The Bertz CT molecular complexity index is 733. The number of carbonyl (C=O) groups is 1. The van der Waals surface area contributed by atoms with Gasteiger partial charge < -0.3 is 5.11 Å². The van der Waals surface area contributed by atoms with Gasteiger partial charge in [-0.1, -0.05) is 30.1 Å². The fourth-order valence-corrected chi connectivity index (χ4v) is 3.48. The number of nitro benzene ring substituents is 1. The SMILES string of the molecule is C=CCN1C(=O)/C(=C/c2cc([N+](=O)[O-])cc(Br)c2O)SC1=S. The maximum absolute atomic E-state index is 12.2. The lowest BCUT2D eigenvalue weighted by molar-refractivity contribution is -0.385. The third-order valence-corrected chi connectivity index (χ3v) is 4.74. The highest BCUT2D eigenvalue weighted by molar-refractivity contribution is 9.10. The van der Waals surface area contributed by atoms with Gasteiger partial charge >= 0.3 is 0 Å². The molecule has 0 aromatic heterocycles. The molecule has 0 saturated carbocycles. The Balaban J connectivity index is 2.46. The maximum Gasteiger partial charge on any atom is 0.271 e. The van der Waals surface area contributed by atoms with Gasteiger partial charge in [0.15, 0.2) is 0 Å². The van der Waals surface area contributed by atoms with E-state index in [1.807, 2.05) is 0 Å². The first-order valence-corrected chi connectivity index (χ1v) is 7.90. The van der Waals surface area contributed by atoms with Crippen molar-refractivity contribution >= 4 is 61.9 Å². The molecular formula is C13H9BrN2O4S2. The predicted octanol–water partition coefficient (Wildman–Crippen LogP) is 3.45. The van der Waals surface area contributed by atoms with E-state index in [-0.39, 0.29) is 38.8 Å². The van der Waals surface area contributed by atoms with Crippen molar-refractivity contribution < 1.29 is 14.8 Å². The molecule has 1 aliphatic rings. The summed E-state index contributed by atoms with van der Waals surface area (Å²) in [5.74, 6) is -0.503. The second kappa shape index (κ2) is 6.59. The third kappa shape index (κ3) is 3.21. The Morgan fingerprint density at radius 1 is 1.55 bits per heavy atom. The van der Waals surface area contributed by atoms with Gasteiger partial charge in [-0.3, -0.25) is 19.8 Å². The first kappa shape index (κ1) is 16.7. The Morgan fingerprint density at radius 3 is 2.82 bits per heavy atom. The maximum atomic E-state index is 12.2. The van der Waals surface area contributed by atoms with Crippen molar-refractivity contribution in [1.29, 1.82) is 0 Å². The zero-order valence-electron chi connectivity index (χ0n) is 11.0. The molecule has 1 fully saturated rings. The van der Waals surface area contributed by atoms with Crippen molar-refractivity contribution in [2.45, 2.75) is 0 Å². The van der Waals surface area contributed by atoms with Crippen LogP contribution < -0.4 is 0 Å². The summed E-state index contributed by atoms with van der Waals surface area (Å²) in [5, 5.41) is 20.9. The number of hydrogen-bond donors (Lipinski definition) is 1. The van der Waals surface area contributed by atoms with Gasteiger partial charge in [0.2, 0.25) is 0 Å². The monoisotopic (exact) mass is 400 g/mol. The van der Waals surface area contributed by atoms with Crippen LogP contribution in [0, 0.1) is 10.1 Å². The number of aromatic hydroxyl groups is 1. The summed E-state index contributed by atoms with van der Waals surface area (Å²) in [7, 11) is 0. The lowest BCUT2D eigenvalue weighted by Gasteiger charge is -2.10. The summed E-state index contributed by atoms with van der Waals surface area (Å²) in [6, 6.07) is 2.38. The lowest BCUT2D eigenvalue weighted by atomic mass is 10.1.